The van der Waals surface area contributed by atoms with Crippen LogP contribution >= 0.6 is 0 Å². The molecule has 2 aromatic rings. The van der Waals surface area contributed by atoms with E-state index in [1.165, 1.54) is 0 Å². The van der Waals surface area contributed by atoms with Crippen molar-refractivity contribution in [2.24, 2.45) is 0 Å². The minimum Gasteiger partial charge on any atom is -0.491 e. The van der Waals surface area contributed by atoms with E-state index in [2.05, 4.69) is 4.98 Å². The predicted molar refractivity (Wildman–Crippen MR) is 107 cm³/mol. The van der Waals surface area contributed by atoms with Gasteiger partial charge in [-0.3, -0.25) is 0 Å². The van der Waals surface area contributed by atoms with Crippen LogP contribution in [-0.4, -0.2) is 75.4 Å². The molecule has 1 aromatic carbocycles. The molecule has 0 bridgehead atoms. The van der Waals surface area contributed by atoms with Gasteiger partial charge in [0.25, 0.3) is 0 Å². The average molecular weight is 460 g/mol. The number of imidazole rings is 1. The molecule has 0 amide bonds. The van der Waals surface area contributed by atoms with Gasteiger partial charge in [0.15, 0.2) is 6.29 Å². The van der Waals surface area contributed by atoms with Crippen molar-refractivity contribution in [1.82, 2.24) is 13.9 Å². The maximum absolute atomic E-state index is 12.6. The van der Waals surface area contributed by atoms with Crippen LogP contribution in [0.5, 0.6) is 5.75 Å². The molecule has 2 fully saturated rings. The number of halogens is 3. The summed E-state index contributed by atoms with van der Waals surface area (Å²) in [5, 5.41) is 0. The Kier molecular flexibility index (Phi) is 6.80. The van der Waals surface area contributed by atoms with E-state index in [1.54, 1.807) is 12.5 Å². The van der Waals surface area contributed by atoms with Gasteiger partial charge in [-0.05, 0) is 24.3 Å². The third-order valence-corrected chi connectivity index (χ3v) is 6.27. The summed E-state index contributed by atoms with van der Waals surface area (Å²) in [6.45, 7) is 2.27. The molecule has 2 saturated heterocycles. The molecule has 0 radical (unpaired) electrons. The van der Waals surface area contributed by atoms with Crippen LogP contribution in [0.1, 0.15) is 0 Å². The molecular formula is C19H23F3N4O4S. The highest BCUT2D eigenvalue weighted by atomic mass is 32.2. The van der Waals surface area contributed by atoms with Gasteiger partial charge < -0.3 is 23.7 Å². The Balaban J connectivity index is 1.21. The molecule has 3 heterocycles. The van der Waals surface area contributed by atoms with Gasteiger partial charge in [-0.25, -0.2) is 13.5 Å². The number of ether oxygens (including phenoxy) is 3. The minimum atomic E-state index is -4.71. The first-order valence-corrected chi connectivity index (χ1v) is 10.9. The van der Waals surface area contributed by atoms with Gasteiger partial charge in [0.1, 0.15) is 18.5 Å². The molecule has 0 N–H and O–H groups in total. The summed E-state index contributed by atoms with van der Waals surface area (Å²) in [6, 6.07) is 7.35. The predicted octanol–water partition coefficient (Wildman–Crippen LogP) is 2.01. The summed E-state index contributed by atoms with van der Waals surface area (Å²) in [5.74, 6) is 0.669. The number of anilines is 1. The SMILES string of the molecule is O=S(N1CCN(c2ccc(OCC3COC(Cn4ccnc4)O3)cc2)CC1)C(F)(F)F. The standard InChI is InChI=1S/C19H23F3N4O4S/c20-19(21,22)31(27)26-9-7-25(8-10-26)15-1-3-16(4-2-15)28-12-17-13-29-18(30-17)11-24-6-5-23-14-24/h1-6,14,17-18H,7-13H2. The second kappa shape index (κ2) is 9.55. The van der Waals surface area contributed by atoms with Crippen LogP contribution in [0.3, 0.4) is 0 Å². The van der Waals surface area contributed by atoms with Crippen molar-refractivity contribution in [3.63, 3.8) is 0 Å². The number of alkyl halides is 3. The smallest absolute Gasteiger partial charge is 0.485 e. The van der Waals surface area contributed by atoms with Gasteiger partial charge >= 0.3 is 5.51 Å². The molecule has 3 atom stereocenters. The fourth-order valence-electron chi connectivity index (χ4n) is 3.46. The van der Waals surface area contributed by atoms with Gasteiger partial charge in [0.2, 0.25) is 11.0 Å². The zero-order chi connectivity index (χ0) is 21.8. The molecule has 3 unspecified atom stereocenters. The van der Waals surface area contributed by atoms with Gasteiger partial charge in [0, 0.05) is 44.3 Å². The molecule has 12 heteroatoms. The fourth-order valence-corrected chi connectivity index (χ4v) is 4.25. The van der Waals surface area contributed by atoms with Crippen LogP contribution in [0.2, 0.25) is 0 Å². The molecule has 31 heavy (non-hydrogen) atoms. The second-order valence-electron chi connectivity index (χ2n) is 7.20. The average Bonchev–Trinajstić information content (AvgIpc) is 3.44. The monoisotopic (exact) mass is 460 g/mol. The minimum absolute atomic E-state index is 0.0869. The molecule has 2 aliphatic rings. The Morgan fingerprint density at radius 3 is 2.55 bits per heavy atom. The lowest BCUT2D eigenvalue weighted by Crippen LogP contribution is -2.49. The first-order valence-electron chi connectivity index (χ1n) is 9.83. The highest BCUT2D eigenvalue weighted by molar-refractivity contribution is 7.83. The number of aromatic nitrogens is 2. The maximum atomic E-state index is 12.6. The summed E-state index contributed by atoms with van der Waals surface area (Å²) in [4.78, 5) is 5.94. The zero-order valence-electron chi connectivity index (χ0n) is 16.6. The first kappa shape index (κ1) is 22.1. The topological polar surface area (TPSA) is 69.1 Å². The maximum Gasteiger partial charge on any atom is 0.485 e. The number of nitrogens with zero attached hydrogens (tertiary/aromatic N) is 4. The summed E-state index contributed by atoms with van der Waals surface area (Å²) in [5.41, 5.74) is -3.83. The van der Waals surface area contributed by atoms with Gasteiger partial charge in [-0.15, -0.1) is 0 Å². The van der Waals surface area contributed by atoms with Crippen molar-refractivity contribution in [2.45, 2.75) is 24.4 Å². The van der Waals surface area contributed by atoms with Crippen molar-refractivity contribution < 1.29 is 31.6 Å². The first-order chi connectivity index (χ1) is 14.9. The number of piperazine rings is 1. The molecular weight excluding hydrogens is 437 g/mol. The van der Waals surface area contributed by atoms with Crippen LogP contribution in [0.4, 0.5) is 18.9 Å². The van der Waals surface area contributed by atoms with Gasteiger partial charge in [-0.1, -0.05) is 0 Å². The summed E-state index contributed by atoms with van der Waals surface area (Å²) >= 11 is 0. The van der Waals surface area contributed by atoms with Crippen LogP contribution in [0.25, 0.3) is 0 Å². The highest BCUT2D eigenvalue weighted by Gasteiger charge is 2.42. The molecule has 1 aromatic heterocycles. The Morgan fingerprint density at radius 1 is 1.16 bits per heavy atom. The molecule has 2 aliphatic heterocycles. The van der Waals surface area contributed by atoms with Crippen molar-refractivity contribution in [3.8, 4) is 5.75 Å². The third-order valence-electron chi connectivity index (χ3n) is 5.04. The highest BCUT2D eigenvalue weighted by Crippen LogP contribution is 2.26. The Hall–Kier alpha value is -2.15. The van der Waals surface area contributed by atoms with E-state index in [0.29, 0.717) is 38.6 Å². The van der Waals surface area contributed by atoms with Crippen molar-refractivity contribution in [3.05, 3.63) is 43.0 Å². The number of hydrogen-bond donors (Lipinski definition) is 0. The van der Waals surface area contributed by atoms with Gasteiger partial charge in [0.05, 0.1) is 19.5 Å². The van der Waals surface area contributed by atoms with Crippen LogP contribution < -0.4 is 9.64 Å². The quantitative estimate of drug-likeness (QED) is 0.630. The zero-order valence-corrected chi connectivity index (χ0v) is 17.4. The lowest BCUT2D eigenvalue weighted by atomic mass is 10.2. The lowest BCUT2D eigenvalue weighted by Gasteiger charge is -2.35. The van der Waals surface area contributed by atoms with Crippen molar-refractivity contribution in [2.75, 3.05) is 44.3 Å². The molecule has 0 saturated carbocycles. The van der Waals surface area contributed by atoms with E-state index in [1.807, 2.05) is 39.9 Å². The summed E-state index contributed by atoms with van der Waals surface area (Å²) < 4.78 is 69.3. The number of rotatable bonds is 7. The van der Waals surface area contributed by atoms with Crippen LogP contribution in [-0.2, 0) is 27.0 Å². The summed E-state index contributed by atoms with van der Waals surface area (Å²) in [6.07, 6.45) is 4.73. The molecule has 8 nitrogen and oxygen atoms in total. The Bertz CT molecular complexity index is 858. The fraction of sp³-hybridized carbons (Fsp3) is 0.526. The summed E-state index contributed by atoms with van der Waals surface area (Å²) in [7, 11) is -2.96. The lowest BCUT2D eigenvalue weighted by molar-refractivity contribution is -0.0726. The molecule has 170 valence electrons. The normalized spacial score (nSPS) is 23.8. The van der Waals surface area contributed by atoms with Crippen LogP contribution in [0.15, 0.2) is 43.0 Å². The van der Waals surface area contributed by atoms with E-state index in [-0.39, 0.29) is 25.5 Å². The Labute approximate surface area is 180 Å². The van der Waals surface area contributed by atoms with E-state index in [4.69, 9.17) is 14.2 Å². The molecule has 0 spiro atoms. The van der Waals surface area contributed by atoms with E-state index < -0.39 is 16.5 Å². The van der Waals surface area contributed by atoms with E-state index >= 15 is 0 Å². The van der Waals surface area contributed by atoms with Crippen molar-refractivity contribution >= 4 is 16.7 Å². The van der Waals surface area contributed by atoms with Crippen molar-refractivity contribution in [1.29, 1.82) is 0 Å². The van der Waals surface area contributed by atoms with Gasteiger partial charge in [-0.2, -0.15) is 13.2 Å². The van der Waals surface area contributed by atoms with Crippen LogP contribution in [0, 0.1) is 0 Å². The van der Waals surface area contributed by atoms with E-state index in [9.17, 15) is 17.4 Å². The largest absolute Gasteiger partial charge is 0.491 e. The molecule has 0 aliphatic carbocycles. The van der Waals surface area contributed by atoms with E-state index in [0.717, 1.165) is 9.99 Å². The molecule has 4 rings (SSSR count). The number of hydrogen-bond acceptors (Lipinski definition) is 6. The Morgan fingerprint density at radius 2 is 1.90 bits per heavy atom. The second-order valence-corrected chi connectivity index (χ2v) is 8.67. The third kappa shape index (κ3) is 5.76. The number of benzene rings is 1.